The molecule has 2 amide bonds. The summed E-state index contributed by atoms with van der Waals surface area (Å²) in [5.41, 5.74) is 1.77. The highest BCUT2D eigenvalue weighted by atomic mass is 32.2. The molecule has 0 radical (unpaired) electrons. The molecule has 1 aliphatic rings. The maximum Gasteiger partial charge on any atom is 0.327 e. The minimum absolute atomic E-state index is 0.0245. The Bertz CT molecular complexity index is 559. The van der Waals surface area contributed by atoms with Gasteiger partial charge in [-0.2, -0.15) is 0 Å². The van der Waals surface area contributed by atoms with E-state index in [4.69, 9.17) is 5.11 Å². The number of nitrogens with one attached hydrogen (secondary N) is 2. The van der Waals surface area contributed by atoms with E-state index < -0.39 is 23.2 Å². The van der Waals surface area contributed by atoms with Crippen LogP contribution in [0.25, 0.3) is 0 Å². The fourth-order valence-corrected chi connectivity index (χ4v) is 3.04. The van der Waals surface area contributed by atoms with Gasteiger partial charge in [-0.1, -0.05) is 17.7 Å². The van der Waals surface area contributed by atoms with Gasteiger partial charge < -0.3 is 15.7 Å². The van der Waals surface area contributed by atoms with Gasteiger partial charge in [-0.25, -0.2) is 4.79 Å². The molecule has 1 aromatic carbocycles. The maximum absolute atomic E-state index is 11.9. The Balaban J connectivity index is 1.87. The summed E-state index contributed by atoms with van der Waals surface area (Å²) >= 11 is 1.20. The van der Waals surface area contributed by atoms with Crippen molar-refractivity contribution in [1.82, 2.24) is 5.32 Å². The van der Waals surface area contributed by atoms with Crippen LogP contribution in [0, 0.1) is 6.92 Å². The predicted molar refractivity (Wildman–Crippen MR) is 80.2 cm³/mol. The third kappa shape index (κ3) is 4.22. The van der Waals surface area contributed by atoms with Gasteiger partial charge in [0, 0.05) is 17.9 Å². The van der Waals surface area contributed by atoms with Gasteiger partial charge in [-0.05, 0) is 19.1 Å². The zero-order valence-corrected chi connectivity index (χ0v) is 12.3. The fraction of sp³-hybridized carbons (Fsp3) is 0.357. The first-order valence-electron chi connectivity index (χ1n) is 6.47. The Labute approximate surface area is 126 Å². The van der Waals surface area contributed by atoms with Crippen molar-refractivity contribution in [2.75, 3.05) is 11.1 Å². The first-order chi connectivity index (χ1) is 9.95. The number of carboxylic acids is 1. The summed E-state index contributed by atoms with van der Waals surface area (Å²) in [6.45, 7) is 1.95. The van der Waals surface area contributed by atoms with E-state index in [-0.39, 0.29) is 18.1 Å². The lowest BCUT2D eigenvalue weighted by atomic mass is 10.2. The van der Waals surface area contributed by atoms with Gasteiger partial charge >= 0.3 is 5.97 Å². The first-order valence-corrected chi connectivity index (χ1v) is 7.52. The molecule has 0 spiro atoms. The summed E-state index contributed by atoms with van der Waals surface area (Å²) in [6.07, 6.45) is 0.0245. The number of amides is 2. The average Bonchev–Trinajstić information content (AvgIpc) is 2.43. The van der Waals surface area contributed by atoms with E-state index in [2.05, 4.69) is 10.6 Å². The molecule has 0 saturated carbocycles. The molecule has 1 heterocycles. The van der Waals surface area contributed by atoms with E-state index in [0.717, 1.165) is 5.56 Å². The van der Waals surface area contributed by atoms with Gasteiger partial charge in [-0.3, -0.25) is 9.59 Å². The summed E-state index contributed by atoms with van der Waals surface area (Å²) in [6, 6.07) is 6.48. The number of aryl methyl sites for hydroxylation is 1. The molecule has 1 saturated heterocycles. The van der Waals surface area contributed by atoms with Gasteiger partial charge in [0.15, 0.2) is 0 Å². The molecule has 1 aromatic rings. The summed E-state index contributed by atoms with van der Waals surface area (Å²) in [4.78, 5) is 34.5. The number of rotatable bonds is 4. The van der Waals surface area contributed by atoms with Gasteiger partial charge in [0.25, 0.3) is 0 Å². The summed E-state index contributed by atoms with van der Waals surface area (Å²) in [7, 11) is 0. The molecule has 0 bridgehead atoms. The van der Waals surface area contributed by atoms with Crippen LogP contribution in [0.2, 0.25) is 0 Å². The molecule has 7 heteroatoms. The van der Waals surface area contributed by atoms with Crippen molar-refractivity contribution < 1.29 is 19.5 Å². The Kier molecular flexibility index (Phi) is 4.85. The lowest BCUT2D eigenvalue weighted by Gasteiger charge is -2.25. The lowest BCUT2D eigenvalue weighted by molar-refractivity contribution is -0.141. The zero-order chi connectivity index (χ0) is 15.4. The number of anilines is 1. The average molecular weight is 308 g/mol. The Morgan fingerprint density at radius 1 is 1.38 bits per heavy atom. The van der Waals surface area contributed by atoms with E-state index in [9.17, 15) is 14.4 Å². The standard InChI is InChI=1S/C14H16N2O4S/c1-8-2-4-9(5-3-8)15-12(17)6-11-13(18)16-10(7-21-11)14(19)20/h2-5,10-11H,6-7H2,1H3,(H,15,17)(H,16,18)(H,19,20)/t10-,11+/m1/s1. The van der Waals surface area contributed by atoms with Crippen molar-refractivity contribution >= 4 is 35.2 Å². The largest absolute Gasteiger partial charge is 0.480 e. The van der Waals surface area contributed by atoms with Crippen LogP contribution in [-0.2, 0) is 14.4 Å². The van der Waals surface area contributed by atoms with E-state index >= 15 is 0 Å². The molecule has 3 N–H and O–H groups in total. The van der Waals surface area contributed by atoms with Crippen molar-refractivity contribution in [3.63, 3.8) is 0 Å². The maximum atomic E-state index is 11.9. The van der Waals surface area contributed by atoms with Crippen LogP contribution in [0.15, 0.2) is 24.3 Å². The molecular formula is C14H16N2O4S. The van der Waals surface area contributed by atoms with Crippen LogP contribution in [0.5, 0.6) is 0 Å². The van der Waals surface area contributed by atoms with Crippen molar-refractivity contribution in [3.8, 4) is 0 Å². The van der Waals surface area contributed by atoms with Crippen LogP contribution in [0.1, 0.15) is 12.0 Å². The third-order valence-corrected chi connectivity index (χ3v) is 4.39. The number of benzene rings is 1. The molecule has 1 aliphatic heterocycles. The minimum Gasteiger partial charge on any atom is -0.480 e. The molecule has 1 fully saturated rings. The molecule has 2 atom stereocenters. The number of carbonyl (C=O) groups is 3. The molecular weight excluding hydrogens is 292 g/mol. The second-order valence-corrected chi connectivity index (χ2v) is 6.08. The van der Waals surface area contributed by atoms with Gasteiger partial charge in [-0.15, -0.1) is 11.8 Å². The molecule has 2 rings (SSSR count). The minimum atomic E-state index is -1.06. The third-order valence-electron chi connectivity index (χ3n) is 3.08. The van der Waals surface area contributed by atoms with Crippen LogP contribution in [0.4, 0.5) is 5.69 Å². The molecule has 0 unspecified atom stereocenters. The number of thioether (sulfide) groups is 1. The second-order valence-electron chi connectivity index (χ2n) is 4.84. The monoisotopic (exact) mass is 308 g/mol. The highest BCUT2D eigenvalue weighted by Gasteiger charge is 2.33. The van der Waals surface area contributed by atoms with E-state index in [1.165, 1.54) is 11.8 Å². The highest BCUT2D eigenvalue weighted by Crippen LogP contribution is 2.21. The smallest absolute Gasteiger partial charge is 0.327 e. The second kappa shape index (κ2) is 6.62. The molecule has 0 aromatic heterocycles. The molecule has 6 nitrogen and oxygen atoms in total. The Morgan fingerprint density at radius 3 is 2.62 bits per heavy atom. The Morgan fingerprint density at radius 2 is 2.05 bits per heavy atom. The number of carbonyl (C=O) groups excluding carboxylic acids is 2. The number of hydrogen-bond donors (Lipinski definition) is 3. The predicted octanol–water partition coefficient (Wildman–Crippen LogP) is 1.01. The van der Waals surface area contributed by atoms with E-state index in [1.54, 1.807) is 12.1 Å². The van der Waals surface area contributed by atoms with Crippen LogP contribution < -0.4 is 10.6 Å². The zero-order valence-electron chi connectivity index (χ0n) is 11.5. The molecule has 21 heavy (non-hydrogen) atoms. The van der Waals surface area contributed by atoms with Crippen LogP contribution in [0.3, 0.4) is 0 Å². The van der Waals surface area contributed by atoms with Gasteiger partial charge in [0.1, 0.15) is 6.04 Å². The quantitative estimate of drug-likeness (QED) is 0.771. The number of carboxylic acid groups (broad SMARTS) is 1. The van der Waals surface area contributed by atoms with Crippen LogP contribution in [-0.4, -0.2) is 39.9 Å². The SMILES string of the molecule is Cc1ccc(NC(=O)C[C@@H]2SC[C@H](C(=O)O)NC2=O)cc1. The first kappa shape index (κ1) is 15.4. The van der Waals surface area contributed by atoms with E-state index in [1.807, 2.05) is 19.1 Å². The Hall–Kier alpha value is -2.02. The van der Waals surface area contributed by atoms with Gasteiger partial charge in [0.05, 0.1) is 5.25 Å². The lowest BCUT2D eigenvalue weighted by Crippen LogP contribution is -2.51. The normalized spacial score (nSPS) is 21.5. The van der Waals surface area contributed by atoms with Crippen molar-refractivity contribution in [1.29, 1.82) is 0 Å². The topological polar surface area (TPSA) is 95.5 Å². The summed E-state index contributed by atoms with van der Waals surface area (Å²) in [5, 5.41) is 13.4. The summed E-state index contributed by atoms with van der Waals surface area (Å²) in [5.74, 6) is -1.46. The van der Waals surface area contributed by atoms with E-state index in [0.29, 0.717) is 5.69 Å². The fourth-order valence-electron chi connectivity index (χ4n) is 1.90. The van der Waals surface area contributed by atoms with Crippen LogP contribution >= 0.6 is 11.8 Å². The number of aliphatic carboxylic acids is 1. The van der Waals surface area contributed by atoms with Gasteiger partial charge in [0.2, 0.25) is 11.8 Å². The number of hydrogen-bond acceptors (Lipinski definition) is 4. The highest BCUT2D eigenvalue weighted by molar-refractivity contribution is 8.00. The van der Waals surface area contributed by atoms with Crippen molar-refractivity contribution in [3.05, 3.63) is 29.8 Å². The summed E-state index contributed by atoms with van der Waals surface area (Å²) < 4.78 is 0. The van der Waals surface area contributed by atoms with Crippen molar-refractivity contribution in [2.45, 2.75) is 24.6 Å². The van der Waals surface area contributed by atoms with Crippen molar-refractivity contribution in [2.24, 2.45) is 0 Å². The molecule has 0 aliphatic carbocycles. The molecule has 112 valence electrons.